The number of aryl methyl sites for hydroxylation is 1. The van der Waals surface area contributed by atoms with Gasteiger partial charge in [-0.05, 0) is 67.0 Å². The molecule has 39 heavy (non-hydrogen) atoms. The van der Waals surface area contributed by atoms with Gasteiger partial charge in [-0.3, -0.25) is 24.8 Å². The highest BCUT2D eigenvalue weighted by molar-refractivity contribution is 6.12. The van der Waals surface area contributed by atoms with Crippen LogP contribution in [0.1, 0.15) is 87.2 Å². The van der Waals surface area contributed by atoms with Gasteiger partial charge in [-0.25, -0.2) is 0 Å². The van der Waals surface area contributed by atoms with Crippen LogP contribution in [0.15, 0.2) is 42.2 Å². The maximum atomic E-state index is 13.5. The summed E-state index contributed by atoms with van der Waals surface area (Å²) in [5, 5.41) is 7.56. The number of ether oxygens (including phenoxy) is 1. The summed E-state index contributed by atoms with van der Waals surface area (Å²) in [7, 11) is 0. The number of Topliss-reactive ketones (excluding diaryl/α,β-unsaturated/α-hetero) is 1. The van der Waals surface area contributed by atoms with Crippen molar-refractivity contribution in [2.24, 2.45) is 5.41 Å². The summed E-state index contributed by atoms with van der Waals surface area (Å²) in [6.45, 7) is 18.2. The van der Waals surface area contributed by atoms with Gasteiger partial charge in [-0.2, -0.15) is 0 Å². The van der Waals surface area contributed by atoms with Gasteiger partial charge in [0.05, 0.1) is 23.1 Å². The molecule has 0 bridgehead atoms. The fourth-order valence-electron chi connectivity index (χ4n) is 4.26. The Bertz CT molecular complexity index is 1380. The first-order valence-corrected chi connectivity index (χ1v) is 13.1. The zero-order chi connectivity index (χ0) is 28.9. The summed E-state index contributed by atoms with van der Waals surface area (Å²) in [5.74, 6) is -0.294. The molecule has 0 saturated heterocycles. The SMILES string of the molecule is Cc1ccc(C(=O)Nc2cc(C(C)(C)C)cc3c2OC(C)(C)C3=O)cc1N1C=C(C(=O)NCC(C)(C)C)NN1. The lowest BCUT2D eigenvalue weighted by Gasteiger charge is -2.22. The molecule has 9 nitrogen and oxygen atoms in total. The molecule has 0 spiro atoms. The summed E-state index contributed by atoms with van der Waals surface area (Å²) in [4.78, 5) is 39.1. The zero-order valence-electron chi connectivity index (χ0n) is 24.3. The Kier molecular flexibility index (Phi) is 7.02. The van der Waals surface area contributed by atoms with E-state index in [-0.39, 0.29) is 28.4 Å². The number of carbonyl (C=O) groups excluding carboxylic acids is 3. The molecule has 2 heterocycles. The van der Waals surface area contributed by atoms with Crippen molar-refractivity contribution in [1.82, 2.24) is 16.3 Å². The molecule has 0 saturated carbocycles. The third-order valence-electron chi connectivity index (χ3n) is 6.68. The average molecular weight is 534 g/mol. The van der Waals surface area contributed by atoms with Gasteiger partial charge in [0.25, 0.3) is 11.8 Å². The number of anilines is 2. The number of rotatable bonds is 5. The van der Waals surface area contributed by atoms with E-state index in [1.165, 1.54) is 0 Å². The Labute approximate surface area is 230 Å². The first-order chi connectivity index (χ1) is 18.0. The van der Waals surface area contributed by atoms with Gasteiger partial charge in [0, 0.05) is 12.1 Å². The van der Waals surface area contributed by atoms with E-state index in [0.717, 1.165) is 11.1 Å². The Morgan fingerprint density at radius 3 is 2.36 bits per heavy atom. The molecule has 2 aromatic rings. The molecular formula is C30H39N5O4. The second kappa shape index (κ2) is 9.72. The standard InChI is InChI=1S/C30H39N5O4/c1-17-10-11-18(12-23(17)35-15-22(33-34-35)27(38)31-16-28(2,3)4)26(37)32-21-14-19(29(5,6)7)13-20-24(21)39-30(8,9)25(20)36/h10-15,33-34H,16H2,1-9H3,(H,31,38)(H,32,37). The van der Waals surface area contributed by atoms with Crippen LogP contribution in [0.2, 0.25) is 0 Å². The molecule has 0 unspecified atom stereocenters. The van der Waals surface area contributed by atoms with Crippen molar-refractivity contribution >= 4 is 29.0 Å². The fraction of sp³-hybridized carbons (Fsp3) is 0.433. The lowest BCUT2D eigenvalue weighted by atomic mass is 9.84. The number of hydrogen-bond acceptors (Lipinski definition) is 7. The molecule has 0 fully saturated rings. The Balaban J connectivity index is 1.60. The first kappa shape index (κ1) is 28.2. The summed E-state index contributed by atoms with van der Waals surface area (Å²) >= 11 is 0. The number of fused-ring (bicyclic) bond motifs is 1. The van der Waals surface area contributed by atoms with Crippen LogP contribution >= 0.6 is 0 Å². The molecule has 2 aliphatic heterocycles. The number of benzene rings is 2. The minimum absolute atomic E-state index is 0.0409. The number of hydrogen-bond donors (Lipinski definition) is 4. The molecule has 0 aromatic heterocycles. The smallest absolute Gasteiger partial charge is 0.270 e. The normalized spacial score (nSPS) is 16.3. The van der Waals surface area contributed by atoms with Crippen LogP contribution < -0.4 is 31.3 Å². The van der Waals surface area contributed by atoms with E-state index in [9.17, 15) is 14.4 Å². The first-order valence-electron chi connectivity index (χ1n) is 13.1. The van der Waals surface area contributed by atoms with E-state index in [1.807, 2.05) is 45.9 Å². The Morgan fingerprint density at radius 1 is 1.03 bits per heavy atom. The highest BCUT2D eigenvalue weighted by atomic mass is 16.5. The molecule has 4 N–H and O–H groups in total. The summed E-state index contributed by atoms with van der Waals surface area (Å²) in [5.41, 5.74) is 8.82. The highest BCUT2D eigenvalue weighted by Gasteiger charge is 2.42. The minimum Gasteiger partial charge on any atom is -0.477 e. The summed E-state index contributed by atoms with van der Waals surface area (Å²) in [6.07, 6.45) is 1.66. The predicted octanol–water partition coefficient (Wildman–Crippen LogP) is 4.73. The van der Waals surface area contributed by atoms with Gasteiger partial charge >= 0.3 is 0 Å². The molecule has 4 rings (SSSR count). The molecule has 0 aliphatic carbocycles. The second-order valence-corrected chi connectivity index (χ2v) is 12.9. The van der Waals surface area contributed by atoms with Crippen molar-refractivity contribution in [2.45, 2.75) is 73.3 Å². The van der Waals surface area contributed by atoms with Gasteiger partial charge in [-0.1, -0.05) is 47.6 Å². The van der Waals surface area contributed by atoms with Gasteiger partial charge in [0.1, 0.15) is 5.70 Å². The van der Waals surface area contributed by atoms with Crippen molar-refractivity contribution in [2.75, 3.05) is 16.9 Å². The number of amides is 2. The van der Waals surface area contributed by atoms with Crippen LogP contribution in [0.4, 0.5) is 11.4 Å². The second-order valence-electron chi connectivity index (χ2n) is 12.9. The number of nitrogens with zero attached hydrogens (tertiary/aromatic N) is 1. The van der Waals surface area contributed by atoms with Crippen molar-refractivity contribution in [3.63, 3.8) is 0 Å². The maximum Gasteiger partial charge on any atom is 0.270 e. The third-order valence-corrected chi connectivity index (χ3v) is 6.68. The molecule has 0 atom stereocenters. The van der Waals surface area contributed by atoms with Crippen LogP contribution in [0.3, 0.4) is 0 Å². The van der Waals surface area contributed by atoms with Crippen LogP contribution in [-0.4, -0.2) is 29.7 Å². The number of nitrogens with one attached hydrogen (secondary N) is 4. The molecular weight excluding hydrogens is 494 g/mol. The minimum atomic E-state index is -1.01. The third kappa shape index (κ3) is 5.93. The maximum absolute atomic E-state index is 13.5. The van der Waals surface area contributed by atoms with Crippen LogP contribution in [0.5, 0.6) is 5.75 Å². The molecule has 2 amide bonds. The van der Waals surface area contributed by atoms with E-state index in [1.54, 1.807) is 37.2 Å². The lowest BCUT2D eigenvalue weighted by Crippen LogP contribution is -2.40. The van der Waals surface area contributed by atoms with E-state index in [4.69, 9.17) is 4.74 Å². The van der Waals surface area contributed by atoms with E-state index in [0.29, 0.717) is 40.5 Å². The van der Waals surface area contributed by atoms with Crippen LogP contribution in [-0.2, 0) is 10.2 Å². The van der Waals surface area contributed by atoms with Crippen molar-refractivity contribution in [3.05, 3.63) is 64.5 Å². The lowest BCUT2D eigenvalue weighted by molar-refractivity contribution is -0.118. The molecule has 0 radical (unpaired) electrons. The molecule has 2 aliphatic rings. The topological polar surface area (TPSA) is 112 Å². The van der Waals surface area contributed by atoms with Crippen molar-refractivity contribution < 1.29 is 19.1 Å². The number of hydrazine groups is 2. The average Bonchev–Trinajstić information content (AvgIpc) is 3.40. The summed E-state index contributed by atoms with van der Waals surface area (Å²) in [6, 6.07) is 9.06. The quantitative estimate of drug-likeness (QED) is 0.440. The zero-order valence-corrected chi connectivity index (χ0v) is 24.3. The number of carbonyl (C=O) groups is 3. The van der Waals surface area contributed by atoms with Gasteiger partial charge < -0.3 is 15.4 Å². The van der Waals surface area contributed by atoms with Gasteiger partial charge in [-0.15, -0.1) is 5.53 Å². The largest absolute Gasteiger partial charge is 0.477 e. The Hall–Kier alpha value is -3.85. The number of ketones is 1. The molecule has 2 aromatic carbocycles. The highest BCUT2D eigenvalue weighted by Crippen LogP contribution is 2.43. The monoisotopic (exact) mass is 533 g/mol. The predicted molar refractivity (Wildman–Crippen MR) is 153 cm³/mol. The van der Waals surface area contributed by atoms with Gasteiger partial charge in [0.15, 0.2) is 11.4 Å². The van der Waals surface area contributed by atoms with E-state index < -0.39 is 5.60 Å². The van der Waals surface area contributed by atoms with Crippen LogP contribution in [0, 0.1) is 12.3 Å². The summed E-state index contributed by atoms with van der Waals surface area (Å²) < 4.78 is 6.00. The molecule has 9 heteroatoms. The van der Waals surface area contributed by atoms with E-state index >= 15 is 0 Å². The molecule has 208 valence electrons. The van der Waals surface area contributed by atoms with Crippen molar-refractivity contribution in [1.29, 1.82) is 0 Å². The Morgan fingerprint density at radius 2 is 1.72 bits per heavy atom. The van der Waals surface area contributed by atoms with E-state index in [2.05, 4.69) is 42.4 Å². The van der Waals surface area contributed by atoms with Crippen molar-refractivity contribution in [3.8, 4) is 5.75 Å². The van der Waals surface area contributed by atoms with Crippen LogP contribution in [0.25, 0.3) is 0 Å². The van der Waals surface area contributed by atoms with Gasteiger partial charge in [0.2, 0.25) is 5.78 Å². The fourth-order valence-corrected chi connectivity index (χ4v) is 4.26.